The van der Waals surface area contributed by atoms with E-state index in [0.717, 1.165) is 0 Å². The van der Waals surface area contributed by atoms with Crippen molar-refractivity contribution in [3.63, 3.8) is 0 Å². The first-order valence-electron chi connectivity index (χ1n) is 9.72. The zero-order valence-electron chi connectivity index (χ0n) is 17.4. The van der Waals surface area contributed by atoms with Crippen molar-refractivity contribution in [3.05, 3.63) is 47.1 Å². The molecule has 1 fully saturated rings. The minimum atomic E-state index is -0.855. The van der Waals surface area contributed by atoms with Crippen LogP contribution in [0.15, 0.2) is 47.1 Å². The molecule has 0 aromatic carbocycles. The van der Waals surface area contributed by atoms with E-state index in [1.165, 1.54) is 13.0 Å². The second-order valence-corrected chi connectivity index (χ2v) is 7.35. The molecule has 1 saturated heterocycles. The van der Waals surface area contributed by atoms with Crippen LogP contribution in [-0.4, -0.2) is 59.6 Å². The molecule has 0 unspecified atom stereocenters. The lowest BCUT2D eigenvalue weighted by molar-refractivity contribution is -0.149. The standard InChI is InChI=1S/C22H28O8/c1-5-16(11-28-14(4)24)22(27)30-19-9-15(10-23)6-7-17(25)12(2)8-18-20(19)13(3)21(26)29-18/h5-6,8,17-20,23,25H,3,7,9-11H2,1-2,4H3/b12-8-,15-6-,16-5+/t17-,18+,19-,20+/m1/s1. The first-order chi connectivity index (χ1) is 14.2. The molecule has 0 spiro atoms. The molecule has 0 radical (unpaired) electrons. The fourth-order valence-electron chi connectivity index (χ4n) is 3.38. The highest BCUT2D eigenvalue weighted by atomic mass is 16.6. The van der Waals surface area contributed by atoms with Gasteiger partial charge in [0, 0.05) is 18.9 Å². The third-order valence-electron chi connectivity index (χ3n) is 5.21. The molecule has 2 rings (SSSR count). The summed E-state index contributed by atoms with van der Waals surface area (Å²) in [6, 6.07) is 0. The van der Waals surface area contributed by atoms with Crippen molar-refractivity contribution in [2.24, 2.45) is 5.92 Å². The van der Waals surface area contributed by atoms with Gasteiger partial charge in [0.2, 0.25) is 0 Å². The summed E-state index contributed by atoms with van der Waals surface area (Å²) >= 11 is 0. The molecule has 0 aromatic rings. The van der Waals surface area contributed by atoms with Gasteiger partial charge in [-0.1, -0.05) is 18.7 Å². The Morgan fingerprint density at radius 2 is 2.10 bits per heavy atom. The Kier molecular flexibility index (Phi) is 8.14. The fourth-order valence-corrected chi connectivity index (χ4v) is 3.38. The lowest BCUT2D eigenvalue weighted by Crippen LogP contribution is -2.35. The number of hydrogen-bond acceptors (Lipinski definition) is 8. The molecule has 0 bridgehead atoms. The molecule has 4 atom stereocenters. The summed E-state index contributed by atoms with van der Waals surface area (Å²) in [6.07, 6.45) is 2.79. The van der Waals surface area contributed by atoms with Crippen LogP contribution in [0, 0.1) is 5.92 Å². The Morgan fingerprint density at radius 1 is 1.40 bits per heavy atom. The highest BCUT2D eigenvalue weighted by Gasteiger charge is 2.45. The third kappa shape index (κ3) is 5.67. The van der Waals surface area contributed by atoms with Crippen LogP contribution in [-0.2, 0) is 28.6 Å². The summed E-state index contributed by atoms with van der Waals surface area (Å²) in [5.74, 6) is -2.54. The van der Waals surface area contributed by atoms with Crippen LogP contribution < -0.4 is 0 Å². The van der Waals surface area contributed by atoms with E-state index in [1.807, 2.05) is 0 Å². The average Bonchev–Trinajstić information content (AvgIpc) is 2.96. The number of ether oxygens (including phenoxy) is 3. The molecule has 30 heavy (non-hydrogen) atoms. The molecule has 1 heterocycles. The largest absolute Gasteiger partial charge is 0.461 e. The van der Waals surface area contributed by atoms with Gasteiger partial charge in [0.1, 0.15) is 18.8 Å². The van der Waals surface area contributed by atoms with Crippen molar-refractivity contribution in [2.75, 3.05) is 13.2 Å². The van der Waals surface area contributed by atoms with Gasteiger partial charge in [0.05, 0.1) is 24.2 Å². The molecule has 8 nitrogen and oxygen atoms in total. The fraction of sp³-hybridized carbons (Fsp3) is 0.500. The lowest BCUT2D eigenvalue weighted by atomic mass is 9.85. The summed E-state index contributed by atoms with van der Waals surface area (Å²) in [5, 5.41) is 20.0. The summed E-state index contributed by atoms with van der Waals surface area (Å²) in [7, 11) is 0. The van der Waals surface area contributed by atoms with E-state index in [4.69, 9.17) is 14.2 Å². The molecule has 0 amide bonds. The normalized spacial score (nSPS) is 30.9. The Balaban J connectivity index is 2.37. The highest BCUT2D eigenvalue weighted by Crippen LogP contribution is 2.36. The topological polar surface area (TPSA) is 119 Å². The van der Waals surface area contributed by atoms with Crippen molar-refractivity contribution in [1.82, 2.24) is 0 Å². The minimum Gasteiger partial charge on any atom is -0.461 e. The molecule has 2 aliphatic rings. The molecular formula is C22H28O8. The number of hydrogen-bond donors (Lipinski definition) is 2. The Labute approximate surface area is 175 Å². The lowest BCUT2D eigenvalue weighted by Gasteiger charge is -2.28. The Bertz CT molecular complexity index is 804. The van der Waals surface area contributed by atoms with Crippen LogP contribution in [0.2, 0.25) is 0 Å². The number of carbonyl (C=O) groups excluding carboxylic acids is 3. The van der Waals surface area contributed by atoms with Gasteiger partial charge in [-0.05, 0) is 37.5 Å². The maximum Gasteiger partial charge on any atom is 0.337 e. The predicted molar refractivity (Wildman–Crippen MR) is 107 cm³/mol. The number of esters is 3. The number of fused-ring (bicyclic) bond motifs is 1. The van der Waals surface area contributed by atoms with Crippen molar-refractivity contribution in [2.45, 2.75) is 51.9 Å². The van der Waals surface area contributed by atoms with E-state index in [2.05, 4.69) is 6.58 Å². The van der Waals surface area contributed by atoms with Crippen molar-refractivity contribution < 1.29 is 38.8 Å². The second kappa shape index (κ2) is 10.4. The van der Waals surface area contributed by atoms with E-state index in [1.54, 1.807) is 26.0 Å². The van der Waals surface area contributed by atoms with Gasteiger partial charge in [0.15, 0.2) is 0 Å². The number of carbonyl (C=O) groups is 3. The van der Waals surface area contributed by atoms with Gasteiger partial charge in [0.25, 0.3) is 0 Å². The average molecular weight is 420 g/mol. The Morgan fingerprint density at radius 3 is 2.70 bits per heavy atom. The van der Waals surface area contributed by atoms with Crippen LogP contribution in [0.4, 0.5) is 0 Å². The van der Waals surface area contributed by atoms with Crippen LogP contribution in [0.5, 0.6) is 0 Å². The van der Waals surface area contributed by atoms with Crippen molar-refractivity contribution in [1.29, 1.82) is 0 Å². The maximum absolute atomic E-state index is 12.7. The SMILES string of the molecule is C=C1C(=O)O[C@H]2/C=C(/C)[C@H](O)C/C=C(\CO)C[C@@H](OC(=O)/C(=C/C)COC(C)=O)[C@@H]12. The van der Waals surface area contributed by atoms with Crippen LogP contribution in [0.3, 0.4) is 0 Å². The van der Waals surface area contributed by atoms with E-state index in [0.29, 0.717) is 11.1 Å². The van der Waals surface area contributed by atoms with Gasteiger partial charge in [-0.15, -0.1) is 0 Å². The van der Waals surface area contributed by atoms with Crippen molar-refractivity contribution in [3.8, 4) is 0 Å². The quantitative estimate of drug-likeness (QED) is 0.297. The van der Waals surface area contributed by atoms with Gasteiger partial charge in [-0.3, -0.25) is 4.79 Å². The molecular weight excluding hydrogens is 392 g/mol. The predicted octanol–water partition coefficient (Wildman–Crippen LogP) is 1.53. The third-order valence-corrected chi connectivity index (χ3v) is 5.21. The summed E-state index contributed by atoms with van der Waals surface area (Å²) in [5.41, 5.74) is 1.44. The molecule has 0 saturated carbocycles. The van der Waals surface area contributed by atoms with Crippen LogP contribution >= 0.6 is 0 Å². The van der Waals surface area contributed by atoms with E-state index < -0.39 is 42.1 Å². The zero-order valence-corrected chi connectivity index (χ0v) is 17.4. The van der Waals surface area contributed by atoms with E-state index in [9.17, 15) is 24.6 Å². The molecule has 1 aliphatic carbocycles. The van der Waals surface area contributed by atoms with Crippen molar-refractivity contribution >= 4 is 17.9 Å². The van der Waals surface area contributed by atoms with Gasteiger partial charge in [-0.2, -0.15) is 0 Å². The molecule has 1 aliphatic heterocycles. The van der Waals surface area contributed by atoms with Crippen LogP contribution in [0.1, 0.15) is 33.6 Å². The number of rotatable bonds is 5. The van der Waals surface area contributed by atoms with E-state index >= 15 is 0 Å². The van der Waals surface area contributed by atoms with Crippen LogP contribution in [0.25, 0.3) is 0 Å². The monoisotopic (exact) mass is 420 g/mol. The molecule has 0 aromatic heterocycles. The molecule has 8 heteroatoms. The number of allylic oxidation sites excluding steroid dienone is 1. The molecule has 164 valence electrons. The smallest absolute Gasteiger partial charge is 0.337 e. The van der Waals surface area contributed by atoms with E-state index in [-0.39, 0.29) is 37.2 Å². The highest BCUT2D eigenvalue weighted by molar-refractivity contribution is 5.92. The first-order valence-corrected chi connectivity index (χ1v) is 9.72. The summed E-state index contributed by atoms with van der Waals surface area (Å²) in [4.78, 5) is 36.0. The zero-order chi connectivity index (χ0) is 22.4. The second-order valence-electron chi connectivity index (χ2n) is 7.35. The number of aliphatic hydroxyl groups excluding tert-OH is 2. The van der Waals surface area contributed by atoms with Gasteiger partial charge >= 0.3 is 17.9 Å². The van der Waals surface area contributed by atoms with Gasteiger partial charge < -0.3 is 24.4 Å². The minimum absolute atomic E-state index is 0.128. The van der Waals surface area contributed by atoms with Gasteiger partial charge in [-0.25, -0.2) is 9.59 Å². The number of aliphatic hydroxyl groups is 2. The summed E-state index contributed by atoms with van der Waals surface area (Å²) in [6.45, 7) is 7.82. The Hall–Kier alpha value is -2.71. The molecule has 2 N–H and O–H groups in total. The maximum atomic E-state index is 12.7. The first kappa shape index (κ1) is 23.6. The summed E-state index contributed by atoms with van der Waals surface area (Å²) < 4.78 is 16.0.